The van der Waals surface area contributed by atoms with Crippen LogP contribution in [0, 0.1) is 5.92 Å². The molecule has 1 unspecified atom stereocenters. The molecule has 0 bridgehead atoms. The molecule has 3 rings (SSSR count). The normalized spacial score (nSPS) is 17.4. The number of amides is 1. The average Bonchev–Trinajstić information content (AvgIpc) is 3.06. The van der Waals surface area contributed by atoms with Gasteiger partial charge in [-0.3, -0.25) is 14.3 Å². The van der Waals surface area contributed by atoms with E-state index in [4.69, 9.17) is 4.74 Å². The van der Waals surface area contributed by atoms with E-state index >= 15 is 0 Å². The minimum Gasteiger partial charge on any atom is -0.491 e. The molecule has 0 aliphatic carbocycles. The predicted molar refractivity (Wildman–Crippen MR) is 98.4 cm³/mol. The van der Waals surface area contributed by atoms with Crippen LogP contribution in [0.2, 0.25) is 0 Å². The van der Waals surface area contributed by atoms with Gasteiger partial charge in [-0.2, -0.15) is 5.10 Å². The van der Waals surface area contributed by atoms with Crippen molar-refractivity contribution in [1.82, 2.24) is 14.7 Å². The fraction of sp³-hybridized carbons (Fsp3) is 0.450. The van der Waals surface area contributed by atoms with Gasteiger partial charge in [-0.05, 0) is 44.9 Å². The third-order valence-electron chi connectivity index (χ3n) is 4.61. The first-order chi connectivity index (χ1) is 12.5. The van der Waals surface area contributed by atoms with Gasteiger partial charge in [0.2, 0.25) is 0 Å². The molecule has 0 saturated carbocycles. The van der Waals surface area contributed by atoms with E-state index in [-0.39, 0.29) is 23.7 Å². The van der Waals surface area contributed by atoms with Gasteiger partial charge in [0.05, 0.1) is 6.10 Å². The minimum atomic E-state index is -0.185. The van der Waals surface area contributed by atoms with Gasteiger partial charge in [-0.15, -0.1) is 0 Å². The Morgan fingerprint density at radius 1 is 1.27 bits per heavy atom. The molecule has 1 fully saturated rings. The Kier molecular flexibility index (Phi) is 5.40. The molecule has 0 radical (unpaired) electrons. The number of nitrogens with zero attached hydrogens (tertiary/aromatic N) is 3. The number of hydrogen-bond donors (Lipinski definition) is 0. The Balaban J connectivity index is 1.72. The minimum absolute atomic E-state index is 0.0574. The number of Topliss-reactive ketones (excluding diaryl/α,β-unsaturated/α-hetero) is 1. The van der Waals surface area contributed by atoms with E-state index in [0.29, 0.717) is 30.1 Å². The Hall–Kier alpha value is -2.63. The first-order valence-electron chi connectivity index (χ1n) is 9.04. The fourth-order valence-electron chi connectivity index (χ4n) is 3.35. The Labute approximate surface area is 153 Å². The van der Waals surface area contributed by atoms with E-state index in [1.54, 1.807) is 35.0 Å². The zero-order valence-corrected chi connectivity index (χ0v) is 15.5. The van der Waals surface area contributed by atoms with Crippen LogP contribution in [0.25, 0.3) is 0 Å². The van der Waals surface area contributed by atoms with E-state index < -0.39 is 0 Å². The quantitative estimate of drug-likeness (QED) is 0.774. The van der Waals surface area contributed by atoms with Crippen molar-refractivity contribution >= 4 is 11.7 Å². The van der Waals surface area contributed by atoms with Crippen molar-refractivity contribution in [3.63, 3.8) is 0 Å². The number of aromatic nitrogens is 2. The predicted octanol–water partition coefficient (Wildman–Crippen LogP) is 2.94. The monoisotopic (exact) mass is 355 g/mol. The topological polar surface area (TPSA) is 64.4 Å². The molecule has 1 aliphatic heterocycles. The maximum Gasteiger partial charge on any atom is 0.272 e. The van der Waals surface area contributed by atoms with Crippen LogP contribution in [0.4, 0.5) is 0 Å². The molecule has 2 aromatic rings. The number of ketones is 1. The third kappa shape index (κ3) is 3.95. The highest BCUT2D eigenvalue weighted by Crippen LogP contribution is 2.24. The lowest BCUT2D eigenvalue weighted by Gasteiger charge is -2.32. The van der Waals surface area contributed by atoms with Crippen molar-refractivity contribution in [3.8, 4) is 5.75 Å². The summed E-state index contributed by atoms with van der Waals surface area (Å²) >= 11 is 0. The van der Waals surface area contributed by atoms with Crippen LogP contribution >= 0.6 is 0 Å². The SMILES string of the molecule is CC(C)Oc1cccc(C(=O)C2CCCN(C(=O)c3ccnn3C)C2)c1. The number of hydrogen-bond acceptors (Lipinski definition) is 4. The van der Waals surface area contributed by atoms with Gasteiger partial charge in [0, 0.05) is 37.8 Å². The summed E-state index contributed by atoms with van der Waals surface area (Å²) in [5.41, 5.74) is 1.19. The van der Waals surface area contributed by atoms with Crippen LogP contribution in [0.1, 0.15) is 47.5 Å². The number of ether oxygens (including phenoxy) is 1. The summed E-state index contributed by atoms with van der Waals surface area (Å²) < 4.78 is 7.26. The van der Waals surface area contributed by atoms with Gasteiger partial charge in [0.1, 0.15) is 11.4 Å². The van der Waals surface area contributed by atoms with Crippen LogP contribution in [0.3, 0.4) is 0 Å². The van der Waals surface area contributed by atoms with Gasteiger partial charge in [-0.25, -0.2) is 0 Å². The highest BCUT2D eigenvalue weighted by Gasteiger charge is 2.30. The van der Waals surface area contributed by atoms with Crippen LogP contribution < -0.4 is 4.74 Å². The first kappa shape index (κ1) is 18.2. The number of carbonyl (C=O) groups is 2. The maximum atomic E-state index is 12.9. The summed E-state index contributed by atoms with van der Waals surface area (Å²) in [7, 11) is 1.75. The van der Waals surface area contributed by atoms with Crippen LogP contribution in [-0.2, 0) is 7.05 Å². The number of piperidine rings is 1. The highest BCUT2D eigenvalue weighted by molar-refractivity contribution is 5.99. The van der Waals surface area contributed by atoms with Gasteiger partial charge >= 0.3 is 0 Å². The highest BCUT2D eigenvalue weighted by atomic mass is 16.5. The second kappa shape index (κ2) is 7.72. The molecule has 1 saturated heterocycles. The summed E-state index contributed by atoms with van der Waals surface area (Å²) in [5, 5.41) is 4.06. The lowest BCUT2D eigenvalue weighted by molar-refractivity contribution is 0.0628. The van der Waals surface area contributed by atoms with Gasteiger partial charge in [0.15, 0.2) is 5.78 Å². The molecule has 6 nitrogen and oxygen atoms in total. The fourth-order valence-corrected chi connectivity index (χ4v) is 3.35. The molecule has 1 amide bonds. The molecule has 138 valence electrons. The molecular weight excluding hydrogens is 330 g/mol. The van der Waals surface area contributed by atoms with Crippen molar-refractivity contribution in [2.24, 2.45) is 13.0 Å². The van der Waals surface area contributed by atoms with Crippen molar-refractivity contribution in [1.29, 1.82) is 0 Å². The molecule has 0 N–H and O–H groups in total. The Bertz CT molecular complexity index is 797. The molecule has 0 spiro atoms. The molecular formula is C20H25N3O3. The smallest absolute Gasteiger partial charge is 0.272 e. The number of benzene rings is 1. The van der Waals surface area contributed by atoms with Gasteiger partial charge in [-0.1, -0.05) is 12.1 Å². The lowest BCUT2D eigenvalue weighted by atomic mass is 9.89. The lowest BCUT2D eigenvalue weighted by Crippen LogP contribution is -2.43. The zero-order valence-electron chi connectivity index (χ0n) is 15.5. The van der Waals surface area contributed by atoms with Crippen molar-refractivity contribution in [3.05, 3.63) is 47.8 Å². The maximum absolute atomic E-state index is 12.9. The molecule has 1 atom stereocenters. The zero-order chi connectivity index (χ0) is 18.7. The van der Waals surface area contributed by atoms with Crippen molar-refractivity contribution in [2.75, 3.05) is 13.1 Å². The summed E-state index contributed by atoms with van der Waals surface area (Å²) in [6.07, 6.45) is 3.29. The molecule has 1 aromatic heterocycles. The van der Waals surface area contributed by atoms with Crippen LogP contribution in [0.15, 0.2) is 36.5 Å². The van der Waals surface area contributed by atoms with Crippen molar-refractivity contribution < 1.29 is 14.3 Å². The van der Waals surface area contributed by atoms with E-state index in [9.17, 15) is 9.59 Å². The number of carbonyl (C=O) groups excluding carboxylic acids is 2. The van der Waals surface area contributed by atoms with Gasteiger partial charge < -0.3 is 9.64 Å². The third-order valence-corrected chi connectivity index (χ3v) is 4.61. The van der Waals surface area contributed by atoms with E-state index in [2.05, 4.69) is 5.10 Å². The molecule has 1 aromatic carbocycles. The summed E-state index contributed by atoms with van der Waals surface area (Å²) in [6.45, 7) is 5.03. The van der Waals surface area contributed by atoms with E-state index in [1.807, 2.05) is 32.0 Å². The van der Waals surface area contributed by atoms with Gasteiger partial charge in [0.25, 0.3) is 5.91 Å². The largest absolute Gasteiger partial charge is 0.491 e. The molecule has 2 heterocycles. The number of aryl methyl sites for hydroxylation is 1. The first-order valence-corrected chi connectivity index (χ1v) is 9.04. The number of likely N-dealkylation sites (tertiary alicyclic amines) is 1. The second-order valence-corrected chi connectivity index (χ2v) is 6.99. The number of rotatable bonds is 5. The van der Waals surface area contributed by atoms with Crippen molar-refractivity contribution in [2.45, 2.75) is 32.8 Å². The Morgan fingerprint density at radius 3 is 2.77 bits per heavy atom. The van der Waals surface area contributed by atoms with E-state index in [1.165, 1.54) is 0 Å². The molecule has 6 heteroatoms. The molecule has 1 aliphatic rings. The average molecular weight is 355 g/mol. The molecule has 26 heavy (non-hydrogen) atoms. The van der Waals surface area contributed by atoms with Crippen LogP contribution in [0.5, 0.6) is 5.75 Å². The Morgan fingerprint density at radius 2 is 2.08 bits per heavy atom. The summed E-state index contributed by atoms with van der Waals surface area (Å²) in [6, 6.07) is 9.02. The van der Waals surface area contributed by atoms with Crippen LogP contribution in [-0.4, -0.2) is 45.6 Å². The summed E-state index contributed by atoms with van der Waals surface area (Å²) in [5.74, 6) is 0.515. The second-order valence-electron chi connectivity index (χ2n) is 6.99. The van der Waals surface area contributed by atoms with E-state index in [0.717, 1.165) is 12.8 Å². The summed E-state index contributed by atoms with van der Waals surface area (Å²) in [4.78, 5) is 27.4. The standard InChI is InChI=1S/C20H25N3O3/c1-14(2)26-17-8-4-6-15(12-17)19(24)16-7-5-11-23(13-16)20(25)18-9-10-21-22(18)3/h4,6,8-10,12,14,16H,5,7,11,13H2,1-3H3.